The molecule has 0 atom stereocenters. The van der Waals surface area contributed by atoms with Crippen LogP contribution >= 0.6 is 0 Å². The Kier molecular flexibility index (Phi) is 2.95. The number of ether oxygens (including phenoxy) is 1. The van der Waals surface area contributed by atoms with E-state index in [4.69, 9.17) is 4.74 Å². The van der Waals surface area contributed by atoms with Crippen LogP contribution in [0.1, 0.15) is 23.7 Å². The number of carbonyl (C=O) groups excluding carboxylic acids is 2. The van der Waals surface area contributed by atoms with E-state index in [2.05, 4.69) is 4.98 Å². The molecule has 2 aromatic rings. The van der Waals surface area contributed by atoms with Crippen LogP contribution in [0.4, 0.5) is 5.69 Å². The maximum atomic E-state index is 12.6. The fourth-order valence-electron chi connectivity index (χ4n) is 2.10. The topological polar surface area (TPSA) is 59.5 Å². The number of amides is 2. The first-order valence-electron chi connectivity index (χ1n) is 6.31. The lowest BCUT2D eigenvalue weighted by molar-refractivity contribution is -0.117. The number of aromatic nitrogens is 1. The Labute approximate surface area is 115 Å². The van der Waals surface area contributed by atoms with Gasteiger partial charge in [0.1, 0.15) is 5.56 Å². The van der Waals surface area contributed by atoms with E-state index in [-0.39, 0.29) is 23.8 Å². The lowest BCUT2D eigenvalue weighted by atomic mass is 10.2. The lowest BCUT2D eigenvalue weighted by Gasteiger charge is -2.19. The van der Waals surface area contributed by atoms with E-state index in [0.29, 0.717) is 11.4 Å². The second-order valence-electron chi connectivity index (χ2n) is 4.31. The highest BCUT2D eigenvalue weighted by Gasteiger charge is 2.32. The fourth-order valence-corrected chi connectivity index (χ4v) is 2.10. The van der Waals surface area contributed by atoms with Crippen molar-refractivity contribution in [1.29, 1.82) is 0 Å². The highest BCUT2D eigenvalue weighted by atomic mass is 16.5. The largest absolute Gasteiger partial charge is 0.436 e. The van der Waals surface area contributed by atoms with Crippen LogP contribution in [-0.4, -0.2) is 16.8 Å². The molecule has 0 fully saturated rings. The van der Waals surface area contributed by atoms with Gasteiger partial charge < -0.3 is 4.74 Å². The Morgan fingerprint density at radius 3 is 2.85 bits per heavy atom. The fraction of sp³-hybridized carbons (Fsp3) is 0.133. The molecule has 3 rings (SSSR count). The molecule has 0 N–H and O–H groups in total. The summed E-state index contributed by atoms with van der Waals surface area (Å²) in [5.41, 5.74) is 0.729. The molecule has 1 aliphatic rings. The summed E-state index contributed by atoms with van der Waals surface area (Å²) >= 11 is 0. The number of carbonyl (C=O) groups is 2. The van der Waals surface area contributed by atoms with Gasteiger partial charge in [0.15, 0.2) is 5.75 Å². The minimum absolute atomic E-state index is 0.219. The Morgan fingerprint density at radius 1 is 1.25 bits per heavy atom. The summed E-state index contributed by atoms with van der Waals surface area (Å²) in [6.45, 7) is 1.72. The molecule has 0 aliphatic carbocycles. The van der Waals surface area contributed by atoms with Gasteiger partial charge in [-0.25, -0.2) is 9.88 Å². The van der Waals surface area contributed by atoms with Crippen LogP contribution in [0.2, 0.25) is 0 Å². The molecule has 20 heavy (non-hydrogen) atoms. The number of rotatable bonds is 1. The van der Waals surface area contributed by atoms with Crippen LogP contribution in [0.5, 0.6) is 11.6 Å². The third kappa shape index (κ3) is 1.84. The first-order valence-corrected chi connectivity index (χ1v) is 6.31. The summed E-state index contributed by atoms with van der Waals surface area (Å²) < 4.78 is 5.67. The average Bonchev–Trinajstić information content (AvgIpc) is 2.61. The van der Waals surface area contributed by atoms with Crippen LogP contribution in [0.15, 0.2) is 42.6 Å². The second kappa shape index (κ2) is 4.77. The van der Waals surface area contributed by atoms with Gasteiger partial charge in [0.05, 0.1) is 5.69 Å². The second-order valence-corrected chi connectivity index (χ2v) is 4.31. The molecule has 0 radical (unpaired) electrons. The normalized spacial score (nSPS) is 13.1. The number of imide groups is 1. The van der Waals surface area contributed by atoms with Crippen molar-refractivity contribution in [1.82, 2.24) is 4.98 Å². The average molecular weight is 268 g/mol. The number of pyridine rings is 1. The van der Waals surface area contributed by atoms with E-state index >= 15 is 0 Å². The zero-order valence-electron chi connectivity index (χ0n) is 10.9. The molecule has 0 unspecified atom stereocenters. The van der Waals surface area contributed by atoms with Gasteiger partial charge in [-0.05, 0) is 24.3 Å². The van der Waals surface area contributed by atoms with Crippen molar-refractivity contribution in [2.45, 2.75) is 13.3 Å². The molecule has 0 bridgehead atoms. The first kappa shape index (κ1) is 12.3. The van der Waals surface area contributed by atoms with Crippen molar-refractivity contribution in [2.24, 2.45) is 0 Å². The summed E-state index contributed by atoms with van der Waals surface area (Å²) in [7, 11) is 0. The molecule has 1 aliphatic heterocycles. The molecule has 100 valence electrons. The van der Waals surface area contributed by atoms with Crippen molar-refractivity contribution < 1.29 is 14.3 Å². The predicted molar refractivity (Wildman–Crippen MR) is 72.9 cm³/mol. The van der Waals surface area contributed by atoms with E-state index in [9.17, 15) is 9.59 Å². The van der Waals surface area contributed by atoms with Crippen LogP contribution in [0, 0.1) is 0 Å². The summed E-state index contributed by atoms with van der Waals surface area (Å²) in [5, 5.41) is 0. The minimum atomic E-state index is -0.412. The molecule has 5 heteroatoms. The maximum absolute atomic E-state index is 12.6. The molecule has 1 aromatic carbocycles. The predicted octanol–water partition coefficient (Wildman–Crippen LogP) is 2.77. The van der Waals surface area contributed by atoms with Crippen LogP contribution in [-0.2, 0) is 4.79 Å². The van der Waals surface area contributed by atoms with E-state index in [1.54, 1.807) is 49.5 Å². The molecular weight excluding hydrogens is 256 g/mol. The van der Waals surface area contributed by atoms with Gasteiger partial charge in [-0.1, -0.05) is 19.1 Å². The van der Waals surface area contributed by atoms with Gasteiger partial charge in [0.25, 0.3) is 5.91 Å². The number of nitrogens with zero attached hydrogens (tertiary/aromatic N) is 2. The molecule has 0 saturated heterocycles. The Hall–Kier alpha value is -2.69. The van der Waals surface area contributed by atoms with E-state index < -0.39 is 5.91 Å². The molecule has 2 amide bonds. The molecule has 0 spiro atoms. The lowest BCUT2D eigenvalue weighted by Crippen LogP contribution is -2.35. The Morgan fingerprint density at radius 2 is 2.05 bits per heavy atom. The van der Waals surface area contributed by atoms with Gasteiger partial charge in [-0.15, -0.1) is 0 Å². The zero-order chi connectivity index (χ0) is 14.1. The Bertz CT molecular complexity index is 697. The Balaban J connectivity index is 2.24. The highest BCUT2D eigenvalue weighted by Crippen LogP contribution is 2.37. The maximum Gasteiger partial charge on any atom is 0.270 e. The minimum Gasteiger partial charge on any atom is -0.436 e. The third-order valence-electron chi connectivity index (χ3n) is 3.07. The standard InChI is InChI=1S/C15H12N2O3/c1-2-13(18)17-11-7-3-4-8-12(11)20-14-10(15(17)19)6-5-9-16-14/h3-9H,2H2,1H3. The quantitative estimate of drug-likeness (QED) is 0.798. The summed E-state index contributed by atoms with van der Waals surface area (Å²) in [6.07, 6.45) is 1.78. The van der Waals surface area contributed by atoms with Crippen LogP contribution < -0.4 is 9.64 Å². The molecular formula is C15H12N2O3. The van der Waals surface area contributed by atoms with Crippen molar-refractivity contribution in [3.63, 3.8) is 0 Å². The SMILES string of the molecule is CCC(=O)N1C(=O)c2cccnc2Oc2ccccc21. The first-order chi connectivity index (χ1) is 9.72. The molecule has 2 heterocycles. The smallest absolute Gasteiger partial charge is 0.270 e. The van der Waals surface area contributed by atoms with Gasteiger partial charge in [-0.3, -0.25) is 9.59 Å². The molecule has 5 nitrogen and oxygen atoms in total. The van der Waals surface area contributed by atoms with Gasteiger partial charge in [-0.2, -0.15) is 0 Å². The van der Waals surface area contributed by atoms with E-state index in [0.717, 1.165) is 4.90 Å². The number of para-hydroxylation sites is 2. The molecule has 0 saturated carbocycles. The van der Waals surface area contributed by atoms with Crippen molar-refractivity contribution in [3.8, 4) is 11.6 Å². The molecule has 1 aromatic heterocycles. The van der Waals surface area contributed by atoms with Crippen molar-refractivity contribution in [2.75, 3.05) is 4.90 Å². The van der Waals surface area contributed by atoms with E-state index in [1.165, 1.54) is 0 Å². The summed E-state index contributed by atoms with van der Waals surface area (Å²) in [6, 6.07) is 10.2. The van der Waals surface area contributed by atoms with Crippen molar-refractivity contribution >= 4 is 17.5 Å². The number of hydrogen-bond acceptors (Lipinski definition) is 4. The number of fused-ring (bicyclic) bond motifs is 2. The van der Waals surface area contributed by atoms with Crippen LogP contribution in [0.3, 0.4) is 0 Å². The monoisotopic (exact) mass is 268 g/mol. The van der Waals surface area contributed by atoms with Crippen molar-refractivity contribution in [3.05, 3.63) is 48.2 Å². The summed E-state index contributed by atoms with van der Waals surface area (Å²) in [4.78, 5) is 29.9. The highest BCUT2D eigenvalue weighted by molar-refractivity contribution is 6.22. The zero-order valence-corrected chi connectivity index (χ0v) is 10.9. The summed E-state index contributed by atoms with van der Waals surface area (Å²) in [5.74, 6) is -0.0240. The third-order valence-corrected chi connectivity index (χ3v) is 3.07. The van der Waals surface area contributed by atoms with Gasteiger partial charge >= 0.3 is 0 Å². The number of benzene rings is 1. The van der Waals surface area contributed by atoms with E-state index in [1.807, 2.05) is 0 Å². The number of anilines is 1. The number of hydrogen-bond donors (Lipinski definition) is 0. The van der Waals surface area contributed by atoms with Crippen LogP contribution in [0.25, 0.3) is 0 Å². The van der Waals surface area contributed by atoms with Gasteiger partial charge in [0.2, 0.25) is 11.8 Å². The van der Waals surface area contributed by atoms with Gasteiger partial charge in [0, 0.05) is 12.6 Å².